The molecule has 4 bridgehead atoms. The van der Waals surface area contributed by atoms with Crippen molar-refractivity contribution >= 4 is 0 Å². The molecule has 0 radical (unpaired) electrons. The van der Waals surface area contributed by atoms with E-state index in [1.54, 1.807) is 0 Å². The Morgan fingerprint density at radius 1 is 0.846 bits per heavy atom. The molecule has 13 heavy (non-hydrogen) atoms. The lowest BCUT2D eigenvalue weighted by Crippen LogP contribution is -2.58. The van der Waals surface area contributed by atoms with Crippen LogP contribution in [0, 0.1) is 17.8 Å². The van der Waals surface area contributed by atoms with Crippen LogP contribution in [0.2, 0.25) is 0 Å². The lowest BCUT2D eigenvalue weighted by molar-refractivity contribution is -0.385. The van der Waals surface area contributed by atoms with E-state index in [1.807, 2.05) is 0 Å². The quantitative estimate of drug-likeness (QED) is 0.611. The average Bonchev–Trinajstić information content (AvgIpc) is 2.00. The summed E-state index contributed by atoms with van der Waals surface area (Å²) in [6.07, 6.45) is 7.04. The van der Waals surface area contributed by atoms with Crippen LogP contribution in [0.15, 0.2) is 0 Å². The Morgan fingerprint density at radius 2 is 1.23 bits per heavy atom. The summed E-state index contributed by atoms with van der Waals surface area (Å²) in [6.45, 7) is 0. The summed E-state index contributed by atoms with van der Waals surface area (Å²) in [6, 6.07) is 0. The van der Waals surface area contributed by atoms with Crippen LogP contribution in [0.1, 0.15) is 38.5 Å². The number of hydrogen-bond acceptors (Lipinski definition) is 3. The van der Waals surface area contributed by atoms with Gasteiger partial charge in [0, 0.05) is 0 Å². The average molecular weight is 183 g/mol. The maximum Gasteiger partial charge on any atom is 0.0740 e. The molecule has 2 N–H and O–H groups in total. The molecule has 0 aromatic carbocycles. The topological polar surface area (TPSA) is 43.7 Å². The monoisotopic (exact) mass is 183 g/mol. The number of hydrogen-bond donors (Lipinski definition) is 2. The first-order valence-electron chi connectivity index (χ1n) is 5.36. The van der Waals surface area contributed by atoms with Crippen LogP contribution in [0.5, 0.6) is 0 Å². The van der Waals surface area contributed by atoms with Crippen LogP contribution in [0.3, 0.4) is 0 Å². The van der Waals surface area contributed by atoms with Gasteiger partial charge in [0.25, 0.3) is 0 Å². The Bertz CT molecular complexity index is 192. The summed E-state index contributed by atoms with van der Waals surface area (Å²) in [5.41, 5.74) is -0.255. The van der Waals surface area contributed by atoms with Gasteiger partial charge in [-0.1, -0.05) is 5.23 Å². The second-order valence-corrected chi connectivity index (χ2v) is 5.43. The van der Waals surface area contributed by atoms with E-state index in [1.165, 1.54) is 19.3 Å². The van der Waals surface area contributed by atoms with Gasteiger partial charge < -0.3 is 0 Å². The first-order valence-corrected chi connectivity index (χ1v) is 5.36. The Kier molecular flexibility index (Phi) is 1.56. The molecule has 4 saturated carbocycles. The fraction of sp³-hybridized carbons (Fsp3) is 1.00. The van der Waals surface area contributed by atoms with Crippen LogP contribution in [-0.4, -0.2) is 21.2 Å². The van der Waals surface area contributed by atoms with Gasteiger partial charge >= 0.3 is 0 Å². The molecule has 0 unspecified atom stereocenters. The van der Waals surface area contributed by atoms with E-state index in [0.29, 0.717) is 5.23 Å². The Balaban J connectivity index is 1.91. The molecule has 4 aliphatic carbocycles. The molecule has 0 saturated heterocycles. The maximum absolute atomic E-state index is 9.31. The first kappa shape index (κ1) is 8.21. The van der Waals surface area contributed by atoms with Crippen molar-refractivity contribution in [2.24, 2.45) is 17.8 Å². The molecule has 0 aliphatic heterocycles. The molecule has 74 valence electrons. The molecule has 0 aromatic heterocycles. The maximum atomic E-state index is 9.31. The molecular formula is C10H17NO2. The van der Waals surface area contributed by atoms with Crippen molar-refractivity contribution in [2.75, 3.05) is 0 Å². The molecule has 0 amide bonds. The summed E-state index contributed by atoms with van der Waals surface area (Å²) in [5, 5.41) is 19.2. The van der Waals surface area contributed by atoms with Gasteiger partial charge in [0.05, 0.1) is 5.54 Å². The van der Waals surface area contributed by atoms with Gasteiger partial charge in [0.2, 0.25) is 0 Å². The van der Waals surface area contributed by atoms with Crippen LogP contribution >= 0.6 is 0 Å². The van der Waals surface area contributed by atoms with Crippen molar-refractivity contribution in [2.45, 2.75) is 44.1 Å². The van der Waals surface area contributed by atoms with Crippen molar-refractivity contribution in [1.29, 1.82) is 0 Å². The minimum atomic E-state index is -0.255. The van der Waals surface area contributed by atoms with Gasteiger partial charge in [-0.2, -0.15) is 0 Å². The van der Waals surface area contributed by atoms with E-state index in [0.717, 1.165) is 37.0 Å². The largest absolute Gasteiger partial charge is 0.289 e. The highest BCUT2D eigenvalue weighted by atomic mass is 16.8. The van der Waals surface area contributed by atoms with Crippen molar-refractivity contribution in [3.8, 4) is 0 Å². The lowest BCUT2D eigenvalue weighted by atomic mass is 9.53. The second-order valence-electron chi connectivity index (χ2n) is 5.43. The van der Waals surface area contributed by atoms with Crippen molar-refractivity contribution in [3.05, 3.63) is 0 Å². The highest BCUT2D eigenvalue weighted by molar-refractivity contribution is 5.04. The minimum Gasteiger partial charge on any atom is -0.289 e. The molecule has 4 aliphatic rings. The van der Waals surface area contributed by atoms with E-state index in [4.69, 9.17) is 0 Å². The standard InChI is InChI=1S/C10H17NO2/c12-11(13)10-4-7-1-8(5-10)3-9(2-7)6-10/h7-9,12-13H,1-6H2. The third kappa shape index (κ3) is 1.07. The fourth-order valence-corrected chi connectivity index (χ4v) is 4.31. The highest BCUT2D eigenvalue weighted by Gasteiger charge is 2.53. The Morgan fingerprint density at radius 3 is 1.54 bits per heavy atom. The van der Waals surface area contributed by atoms with Gasteiger partial charge in [-0.3, -0.25) is 10.4 Å². The summed E-state index contributed by atoms with van der Waals surface area (Å²) >= 11 is 0. The molecule has 4 rings (SSSR count). The van der Waals surface area contributed by atoms with E-state index in [9.17, 15) is 10.4 Å². The third-order valence-corrected chi connectivity index (χ3v) is 4.43. The van der Waals surface area contributed by atoms with Crippen molar-refractivity contribution in [1.82, 2.24) is 5.23 Å². The number of hydroxylamine groups is 2. The molecule has 0 atom stereocenters. The zero-order valence-electron chi connectivity index (χ0n) is 7.82. The van der Waals surface area contributed by atoms with Gasteiger partial charge in [0.15, 0.2) is 0 Å². The number of rotatable bonds is 1. The summed E-state index contributed by atoms with van der Waals surface area (Å²) in [5.74, 6) is 2.31. The zero-order valence-corrected chi connectivity index (χ0v) is 7.82. The van der Waals surface area contributed by atoms with Gasteiger partial charge in [-0.05, 0) is 56.3 Å². The molecule has 3 heteroatoms. The molecule has 3 nitrogen and oxygen atoms in total. The predicted molar refractivity (Wildman–Crippen MR) is 46.3 cm³/mol. The van der Waals surface area contributed by atoms with Crippen LogP contribution in [0.25, 0.3) is 0 Å². The van der Waals surface area contributed by atoms with Crippen molar-refractivity contribution in [3.63, 3.8) is 0 Å². The first-order chi connectivity index (χ1) is 6.18. The van der Waals surface area contributed by atoms with Gasteiger partial charge in [0.1, 0.15) is 0 Å². The smallest absolute Gasteiger partial charge is 0.0740 e. The third-order valence-electron chi connectivity index (χ3n) is 4.43. The molecule has 0 spiro atoms. The van der Waals surface area contributed by atoms with E-state index in [-0.39, 0.29) is 5.54 Å². The molecule has 4 fully saturated rings. The number of nitrogens with zero attached hydrogens (tertiary/aromatic N) is 1. The highest BCUT2D eigenvalue weighted by Crippen LogP contribution is 2.57. The van der Waals surface area contributed by atoms with E-state index in [2.05, 4.69) is 0 Å². The van der Waals surface area contributed by atoms with Gasteiger partial charge in [-0.15, -0.1) is 0 Å². The van der Waals surface area contributed by atoms with Crippen LogP contribution in [-0.2, 0) is 0 Å². The van der Waals surface area contributed by atoms with Gasteiger partial charge in [-0.25, -0.2) is 0 Å². The predicted octanol–water partition coefficient (Wildman–Crippen LogP) is 2.04. The molecular weight excluding hydrogens is 166 g/mol. The molecule has 0 heterocycles. The normalized spacial score (nSPS) is 53.3. The van der Waals surface area contributed by atoms with E-state index < -0.39 is 0 Å². The van der Waals surface area contributed by atoms with Crippen molar-refractivity contribution < 1.29 is 10.4 Å². The molecule has 0 aromatic rings. The second kappa shape index (κ2) is 2.47. The SMILES string of the molecule is ON(O)C12CC3CC(CC(C3)C1)C2. The summed E-state index contributed by atoms with van der Waals surface area (Å²) in [4.78, 5) is 0. The minimum absolute atomic E-state index is 0.255. The van der Waals surface area contributed by atoms with E-state index >= 15 is 0 Å². The summed E-state index contributed by atoms with van der Waals surface area (Å²) < 4.78 is 0. The van der Waals surface area contributed by atoms with Crippen LogP contribution in [0.4, 0.5) is 0 Å². The summed E-state index contributed by atoms with van der Waals surface area (Å²) in [7, 11) is 0. The zero-order chi connectivity index (χ0) is 9.05. The Labute approximate surface area is 78.3 Å². The fourth-order valence-electron chi connectivity index (χ4n) is 4.31. The Hall–Kier alpha value is -0.120. The van der Waals surface area contributed by atoms with Crippen LogP contribution < -0.4 is 0 Å². The lowest BCUT2D eigenvalue weighted by Gasteiger charge is -2.57.